The highest BCUT2D eigenvalue weighted by molar-refractivity contribution is 7.99. The highest BCUT2D eigenvalue weighted by atomic mass is 35.5. The Labute approximate surface area is 198 Å². The fourth-order valence-corrected chi connectivity index (χ4v) is 5.34. The first-order valence-corrected chi connectivity index (χ1v) is 11.9. The predicted octanol–water partition coefficient (Wildman–Crippen LogP) is 4.80. The maximum atomic E-state index is 13.8. The Morgan fingerprint density at radius 1 is 1.16 bits per heavy atom. The number of benzene rings is 2. The Balaban J connectivity index is 2.06. The van der Waals surface area contributed by atoms with Gasteiger partial charge in [-0.1, -0.05) is 37.6 Å². The fourth-order valence-electron chi connectivity index (χ4n) is 3.75. The molecule has 1 heterocycles. The van der Waals surface area contributed by atoms with E-state index in [1.54, 1.807) is 18.1 Å². The number of ether oxygens (including phenoxy) is 2. The van der Waals surface area contributed by atoms with Gasteiger partial charge in [0.25, 0.3) is 5.91 Å². The Hall–Kier alpha value is -2.22. The largest absolute Gasteiger partial charge is 0.497 e. The van der Waals surface area contributed by atoms with Crippen molar-refractivity contribution in [3.8, 4) is 5.75 Å². The van der Waals surface area contributed by atoms with Crippen molar-refractivity contribution in [1.82, 2.24) is 4.90 Å². The van der Waals surface area contributed by atoms with E-state index in [2.05, 4.69) is 18.7 Å². The van der Waals surface area contributed by atoms with Crippen LogP contribution in [0.3, 0.4) is 0 Å². The minimum atomic E-state index is -0.964. The van der Waals surface area contributed by atoms with E-state index >= 15 is 0 Å². The maximum absolute atomic E-state index is 13.8. The Kier molecular flexibility index (Phi) is 8.45. The topological polar surface area (TPSA) is 59.1 Å². The third-order valence-corrected chi connectivity index (χ3v) is 7.11. The lowest BCUT2D eigenvalue weighted by molar-refractivity contribution is -0.152. The number of thioether (sulfide) groups is 1. The van der Waals surface area contributed by atoms with Gasteiger partial charge >= 0.3 is 5.97 Å². The molecule has 3 rings (SSSR count). The van der Waals surface area contributed by atoms with E-state index in [-0.39, 0.29) is 5.91 Å². The molecule has 0 fully saturated rings. The SMILES string of the molecule is CCN(CC)CCN1C(=O)[C@@H](OC(C)=O)[C@@H](c2ccc(OC)cc2)Sc2cc(Cl)ccc21. The molecule has 2 aromatic rings. The Morgan fingerprint density at radius 3 is 2.44 bits per heavy atom. The summed E-state index contributed by atoms with van der Waals surface area (Å²) in [6, 6.07) is 13.0. The van der Waals surface area contributed by atoms with Crippen LogP contribution in [0.15, 0.2) is 47.4 Å². The van der Waals surface area contributed by atoms with Gasteiger partial charge < -0.3 is 19.3 Å². The molecule has 0 spiro atoms. The normalized spacial score (nSPS) is 18.3. The van der Waals surface area contributed by atoms with Crippen molar-refractivity contribution < 1.29 is 19.1 Å². The van der Waals surface area contributed by atoms with Crippen LogP contribution in [0.4, 0.5) is 5.69 Å². The van der Waals surface area contributed by atoms with E-state index in [1.807, 2.05) is 36.4 Å². The highest BCUT2D eigenvalue weighted by Crippen LogP contribution is 2.47. The zero-order valence-electron chi connectivity index (χ0n) is 18.8. The number of hydrogen-bond donors (Lipinski definition) is 0. The molecular formula is C24H29ClN2O4S. The lowest BCUT2D eigenvalue weighted by Crippen LogP contribution is -2.45. The highest BCUT2D eigenvalue weighted by Gasteiger charge is 2.40. The fraction of sp³-hybridized carbons (Fsp3) is 0.417. The number of likely N-dealkylation sites (N-methyl/N-ethyl adjacent to an activating group) is 1. The van der Waals surface area contributed by atoms with Crippen LogP contribution in [-0.4, -0.2) is 56.2 Å². The van der Waals surface area contributed by atoms with Gasteiger partial charge in [0, 0.05) is 29.9 Å². The minimum absolute atomic E-state index is 0.234. The zero-order valence-corrected chi connectivity index (χ0v) is 20.4. The molecule has 1 amide bonds. The van der Waals surface area contributed by atoms with E-state index in [1.165, 1.54) is 18.7 Å². The summed E-state index contributed by atoms with van der Waals surface area (Å²) in [6.45, 7) is 8.51. The summed E-state index contributed by atoms with van der Waals surface area (Å²) >= 11 is 7.80. The number of halogens is 1. The average molecular weight is 477 g/mol. The minimum Gasteiger partial charge on any atom is -0.497 e. The summed E-state index contributed by atoms with van der Waals surface area (Å²) in [4.78, 5) is 30.6. The third-order valence-electron chi connectivity index (χ3n) is 5.52. The van der Waals surface area contributed by atoms with Crippen molar-refractivity contribution >= 4 is 40.9 Å². The number of hydrogen-bond acceptors (Lipinski definition) is 6. The molecule has 1 aliphatic heterocycles. The van der Waals surface area contributed by atoms with Crippen LogP contribution in [0.25, 0.3) is 0 Å². The van der Waals surface area contributed by atoms with Crippen molar-refractivity contribution in [3.63, 3.8) is 0 Å². The van der Waals surface area contributed by atoms with Crippen LogP contribution in [0.1, 0.15) is 31.6 Å². The molecular weight excluding hydrogens is 448 g/mol. The molecule has 2 aromatic carbocycles. The summed E-state index contributed by atoms with van der Waals surface area (Å²) in [7, 11) is 1.60. The molecule has 1 aliphatic rings. The average Bonchev–Trinajstić information content (AvgIpc) is 2.89. The molecule has 0 unspecified atom stereocenters. The molecule has 0 saturated heterocycles. The number of carbonyl (C=O) groups is 2. The second-order valence-electron chi connectivity index (χ2n) is 7.47. The van der Waals surface area contributed by atoms with Crippen LogP contribution in [0, 0.1) is 0 Å². The summed E-state index contributed by atoms with van der Waals surface area (Å²) < 4.78 is 10.9. The molecule has 32 heavy (non-hydrogen) atoms. The van der Waals surface area contributed by atoms with E-state index in [9.17, 15) is 9.59 Å². The monoisotopic (exact) mass is 476 g/mol. The lowest BCUT2D eigenvalue weighted by Gasteiger charge is -2.29. The van der Waals surface area contributed by atoms with Crippen molar-refractivity contribution in [2.75, 3.05) is 38.2 Å². The second kappa shape index (κ2) is 11.1. The molecule has 2 atom stereocenters. The number of nitrogens with zero attached hydrogens (tertiary/aromatic N) is 2. The Bertz CT molecular complexity index is 950. The molecule has 6 nitrogen and oxygen atoms in total. The standard InChI is InChI=1S/C24H29ClN2O4S/c1-5-26(6-2)13-14-27-20-12-9-18(25)15-21(20)32-23(22(24(27)29)31-16(3)28)17-7-10-19(30-4)11-8-17/h7-12,15,22-23H,5-6,13-14H2,1-4H3/t22-,23+/m0/s1. The van der Waals surface area contributed by atoms with Gasteiger partial charge in [0.1, 0.15) is 5.75 Å². The first kappa shape index (κ1) is 24.4. The number of carbonyl (C=O) groups excluding carboxylic acids is 2. The smallest absolute Gasteiger partial charge is 0.303 e. The van der Waals surface area contributed by atoms with Crippen molar-refractivity contribution in [1.29, 1.82) is 0 Å². The second-order valence-corrected chi connectivity index (χ2v) is 9.09. The lowest BCUT2D eigenvalue weighted by atomic mass is 10.1. The first-order valence-electron chi connectivity index (χ1n) is 10.7. The number of rotatable bonds is 8. The van der Waals surface area contributed by atoms with Crippen molar-refractivity contribution in [3.05, 3.63) is 53.1 Å². The number of methoxy groups -OCH3 is 1. The van der Waals surface area contributed by atoms with Gasteiger partial charge in [-0.15, -0.1) is 11.8 Å². The quantitative estimate of drug-likeness (QED) is 0.510. The van der Waals surface area contributed by atoms with Crippen LogP contribution >= 0.6 is 23.4 Å². The first-order chi connectivity index (χ1) is 15.4. The van der Waals surface area contributed by atoms with E-state index < -0.39 is 17.3 Å². The van der Waals surface area contributed by atoms with Gasteiger partial charge in [-0.3, -0.25) is 9.59 Å². The summed E-state index contributed by atoms with van der Waals surface area (Å²) in [6.07, 6.45) is -0.964. The van der Waals surface area contributed by atoms with Gasteiger partial charge in [0.2, 0.25) is 0 Å². The van der Waals surface area contributed by atoms with Crippen molar-refractivity contribution in [2.24, 2.45) is 0 Å². The molecule has 172 valence electrons. The number of amides is 1. The van der Waals surface area contributed by atoms with Gasteiger partial charge in [-0.25, -0.2) is 0 Å². The predicted molar refractivity (Wildman–Crippen MR) is 129 cm³/mol. The van der Waals surface area contributed by atoms with Gasteiger partial charge in [0.05, 0.1) is 18.0 Å². The molecule has 0 saturated carbocycles. The van der Waals surface area contributed by atoms with Crippen LogP contribution in [0.2, 0.25) is 5.02 Å². The van der Waals surface area contributed by atoms with E-state index in [0.717, 1.165) is 29.2 Å². The zero-order chi connectivity index (χ0) is 23.3. The van der Waals surface area contributed by atoms with Crippen LogP contribution in [-0.2, 0) is 14.3 Å². The van der Waals surface area contributed by atoms with Crippen molar-refractivity contribution in [2.45, 2.75) is 37.0 Å². The molecule has 0 aromatic heterocycles. The van der Waals surface area contributed by atoms with E-state index in [4.69, 9.17) is 21.1 Å². The molecule has 0 N–H and O–H groups in total. The summed E-state index contributed by atoms with van der Waals surface area (Å²) in [5.74, 6) is -0.0103. The molecule has 0 bridgehead atoms. The molecule has 8 heteroatoms. The number of esters is 1. The van der Waals surface area contributed by atoms with Crippen LogP contribution in [0.5, 0.6) is 5.75 Å². The van der Waals surface area contributed by atoms with Crippen LogP contribution < -0.4 is 9.64 Å². The maximum Gasteiger partial charge on any atom is 0.303 e. The van der Waals surface area contributed by atoms with Gasteiger partial charge in [0.15, 0.2) is 6.10 Å². The summed E-state index contributed by atoms with van der Waals surface area (Å²) in [5.41, 5.74) is 1.65. The Morgan fingerprint density at radius 2 is 1.84 bits per heavy atom. The molecule has 0 radical (unpaired) electrons. The number of fused-ring (bicyclic) bond motifs is 1. The number of anilines is 1. The van der Waals surface area contributed by atoms with Gasteiger partial charge in [-0.05, 0) is 49.0 Å². The third kappa shape index (κ3) is 5.57. The van der Waals surface area contributed by atoms with Gasteiger partial charge in [-0.2, -0.15) is 0 Å². The summed E-state index contributed by atoms with van der Waals surface area (Å²) in [5, 5.41) is 0.166. The molecule has 0 aliphatic carbocycles. The van der Waals surface area contributed by atoms with E-state index in [0.29, 0.717) is 23.9 Å².